The molecule has 3 N–H and O–H groups in total. The Morgan fingerprint density at radius 1 is 1.19 bits per heavy atom. The standard InChI is InChI=1S/C22H27N5O4.ClH/c1-15(28)27-7-5-16(6-8-27)13-31-22-25-11-19(12-26-22)18-4-2-3-17(9-18)14-30-21(29)10-20(23)24;/h2-4,9,11-12,16H,5-8,10,13-14H2,1H3,(H3,23,24);1H. The van der Waals surface area contributed by atoms with Crippen LogP contribution < -0.4 is 10.5 Å². The minimum atomic E-state index is -0.533. The minimum Gasteiger partial charge on any atom is -0.463 e. The Kier molecular flexibility index (Phi) is 9.39. The average molecular weight is 462 g/mol. The van der Waals surface area contributed by atoms with E-state index >= 15 is 0 Å². The number of benzene rings is 1. The summed E-state index contributed by atoms with van der Waals surface area (Å²) < 4.78 is 10.9. The minimum absolute atomic E-state index is 0. The van der Waals surface area contributed by atoms with Gasteiger partial charge in [-0.05, 0) is 36.0 Å². The molecule has 172 valence electrons. The fourth-order valence-electron chi connectivity index (χ4n) is 3.36. The van der Waals surface area contributed by atoms with Crippen LogP contribution in [0.3, 0.4) is 0 Å². The summed E-state index contributed by atoms with van der Waals surface area (Å²) in [4.78, 5) is 33.4. The second-order valence-corrected chi connectivity index (χ2v) is 7.58. The maximum absolute atomic E-state index is 11.5. The first kappa shape index (κ1) is 25.1. The number of nitrogens with two attached hydrogens (primary N) is 1. The number of esters is 1. The molecule has 1 aliphatic rings. The number of amides is 1. The van der Waals surface area contributed by atoms with Gasteiger partial charge in [-0.2, -0.15) is 0 Å². The molecular weight excluding hydrogens is 434 g/mol. The predicted molar refractivity (Wildman–Crippen MR) is 122 cm³/mol. The van der Waals surface area contributed by atoms with Crippen molar-refractivity contribution in [3.63, 3.8) is 0 Å². The normalized spacial score (nSPS) is 13.7. The number of hydrogen-bond acceptors (Lipinski definition) is 7. The fourth-order valence-corrected chi connectivity index (χ4v) is 3.36. The summed E-state index contributed by atoms with van der Waals surface area (Å²) in [5.74, 6) is -0.243. The summed E-state index contributed by atoms with van der Waals surface area (Å²) >= 11 is 0. The SMILES string of the molecule is CC(=O)N1CCC(COc2ncc(-c3cccc(COC(=O)CC(=N)N)c3)cn2)CC1.Cl. The number of aromatic nitrogens is 2. The van der Waals surface area contributed by atoms with E-state index in [1.165, 1.54) is 0 Å². The van der Waals surface area contributed by atoms with Crippen molar-refractivity contribution in [2.75, 3.05) is 19.7 Å². The van der Waals surface area contributed by atoms with Crippen LogP contribution in [0.2, 0.25) is 0 Å². The highest BCUT2D eigenvalue weighted by molar-refractivity contribution is 5.94. The lowest BCUT2D eigenvalue weighted by atomic mass is 9.98. The van der Waals surface area contributed by atoms with E-state index in [4.69, 9.17) is 20.6 Å². The lowest BCUT2D eigenvalue weighted by molar-refractivity contribution is -0.143. The highest BCUT2D eigenvalue weighted by atomic mass is 35.5. The number of hydrogen-bond donors (Lipinski definition) is 2. The molecule has 0 bridgehead atoms. The van der Waals surface area contributed by atoms with Crippen LogP contribution in [0, 0.1) is 11.3 Å². The van der Waals surface area contributed by atoms with Crippen LogP contribution in [-0.4, -0.2) is 52.3 Å². The first-order valence-corrected chi connectivity index (χ1v) is 10.2. The Hall–Kier alpha value is -3.20. The molecule has 1 amide bonds. The van der Waals surface area contributed by atoms with Crippen LogP contribution in [0.5, 0.6) is 6.01 Å². The number of amidine groups is 1. The molecule has 0 spiro atoms. The maximum Gasteiger partial charge on any atom is 0.316 e. The summed E-state index contributed by atoms with van der Waals surface area (Å²) in [6.45, 7) is 3.77. The van der Waals surface area contributed by atoms with Crippen LogP contribution >= 0.6 is 12.4 Å². The smallest absolute Gasteiger partial charge is 0.316 e. The molecule has 3 rings (SSSR count). The molecule has 0 saturated carbocycles. The lowest BCUT2D eigenvalue weighted by Gasteiger charge is -2.30. The molecule has 2 heterocycles. The number of nitrogens with zero attached hydrogens (tertiary/aromatic N) is 3. The van der Waals surface area contributed by atoms with Crippen LogP contribution in [0.4, 0.5) is 0 Å². The third-order valence-corrected chi connectivity index (χ3v) is 5.13. The third-order valence-electron chi connectivity index (χ3n) is 5.13. The topological polar surface area (TPSA) is 131 Å². The summed E-state index contributed by atoms with van der Waals surface area (Å²) in [5.41, 5.74) is 7.72. The van der Waals surface area contributed by atoms with Gasteiger partial charge >= 0.3 is 12.0 Å². The number of halogens is 1. The predicted octanol–water partition coefficient (Wildman–Crippen LogP) is 2.57. The van der Waals surface area contributed by atoms with Crippen LogP contribution in [0.1, 0.15) is 31.7 Å². The highest BCUT2D eigenvalue weighted by Gasteiger charge is 2.21. The zero-order chi connectivity index (χ0) is 22.2. The summed E-state index contributed by atoms with van der Waals surface area (Å²) in [6, 6.07) is 7.85. The maximum atomic E-state index is 11.5. The van der Waals surface area contributed by atoms with Crippen molar-refractivity contribution in [1.82, 2.24) is 14.9 Å². The van der Waals surface area contributed by atoms with Crippen molar-refractivity contribution in [1.29, 1.82) is 5.41 Å². The molecule has 1 aliphatic heterocycles. The van der Waals surface area contributed by atoms with Crippen molar-refractivity contribution in [3.8, 4) is 17.1 Å². The van der Waals surface area contributed by atoms with Gasteiger partial charge < -0.3 is 20.1 Å². The van der Waals surface area contributed by atoms with Crippen molar-refractivity contribution >= 4 is 30.1 Å². The Morgan fingerprint density at radius 3 is 2.50 bits per heavy atom. The molecule has 2 aromatic rings. The Balaban J connectivity index is 0.00000363. The van der Waals surface area contributed by atoms with E-state index in [1.54, 1.807) is 19.3 Å². The molecule has 10 heteroatoms. The van der Waals surface area contributed by atoms with Gasteiger partial charge in [-0.15, -0.1) is 12.4 Å². The number of ether oxygens (including phenoxy) is 2. The van der Waals surface area contributed by atoms with Gasteiger partial charge in [-0.3, -0.25) is 15.0 Å². The van der Waals surface area contributed by atoms with Gasteiger partial charge in [-0.1, -0.05) is 18.2 Å². The van der Waals surface area contributed by atoms with Crippen molar-refractivity contribution in [3.05, 3.63) is 42.2 Å². The lowest BCUT2D eigenvalue weighted by Crippen LogP contribution is -2.38. The fraction of sp³-hybridized carbons (Fsp3) is 0.409. The molecular formula is C22H28ClN5O4. The number of nitrogens with one attached hydrogen (secondary N) is 1. The average Bonchev–Trinajstić information content (AvgIpc) is 2.77. The van der Waals surface area contributed by atoms with E-state index in [0.29, 0.717) is 18.5 Å². The van der Waals surface area contributed by atoms with E-state index in [0.717, 1.165) is 42.6 Å². The number of likely N-dealkylation sites (tertiary alicyclic amines) is 1. The number of carbonyl (C=O) groups is 2. The molecule has 0 unspecified atom stereocenters. The largest absolute Gasteiger partial charge is 0.463 e. The van der Waals surface area contributed by atoms with Gasteiger partial charge in [0, 0.05) is 38.0 Å². The Bertz CT molecular complexity index is 930. The molecule has 32 heavy (non-hydrogen) atoms. The number of carbonyl (C=O) groups excluding carboxylic acids is 2. The third kappa shape index (κ3) is 7.49. The van der Waals surface area contributed by atoms with E-state index in [-0.39, 0.29) is 37.2 Å². The molecule has 1 aromatic carbocycles. The van der Waals surface area contributed by atoms with Crippen LogP contribution in [-0.2, 0) is 20.9 Å². The number of rotatable bonds is 8. The van der Waals surface area contributed by atoms with Crippen molar-refractivity contribution < 1.29 is 19.1 Å². The van der Waals surface area contributed by atoms with Gasteiger partial charge in [0.1, 0.15) is 18.9 Å². The second kappa shape index (κ2) is 12.0. The second-order valence-electron chi connectivity index (χ2n) is 7.58. The zero-order valence-corrected chi connectivity index (χ0v) is 18.8. The summed E-state index contributed by atoms with van der Waals surface area (Å²) in [5, 5.41) is 7.12. The van der Waals surface area contributed by atoms with E-state index in [9.17, 15) is 9.59 Å². The molecule has 0 radical (unpaired) electrons. The first-order valence-electron chi connectivity index (χ1n) is 10.2. The van der Waals surface area contributed by atoms with Crippen LogP contribution in [0.15, 0.2) is 36.7 Å². The Morgan fingerprint density at radius 2 is 1.88 bits per heavy atom. The summed E-state index contributed by atoms with van der Waals surface area (Å²) in [7, 11) is 0. The Labute approximate surface area is 193 Å². The van der Waals surface area contributed by atoms with Crippen molar-refractivity contribution in [2.24, 2.45) is 11.7 Å². The quantitative estimate of drug-likeness (QED) is 0.350. The molecule has 1 aromatic heterocycles. The monoisotopic (exact) mass is 461 g/mol. The molecule has 0 atom stereocenters. The molecule has 9 nitrogen and oxygen atoms in total. The highest BCUT2D eigenvalue weighted by Crippen LogP contribution is 2.22. The van der Waals surface area contributed by atoms with Crippen LogP contribution in [0.25, 0.3) is 11.1 Å². The van der Waals surface area contributed by atoms with Gasteiger partial charge in [0.2, 0.25) is 5.91 Å². The van der Waals surface area contributed by atoms with Gasteiger partial charge in [-0.25, -0.2) is 9.97 Å². The zero-order valence-electron chi connectivity index (χ0n) is 18.0. The molecule has 0 aliphatic carbocycles. The van der Waals surface area contributed by atoms with Gasteiger partial charge in [0.25, 0.3) is 0 Å². The van der Waals surface area contributed by atoms with E-state index in [2.05, 4.69) is 9.97 Å². The van der Waals surface area contributed by atoms with Crippen molar-refractivity contribution in [2.45, 2.75) is 32.8 Å². The number of piperidine rings is 1. The first-order chi connectivity index (χ1) is 14.9. The summed E-state index contributed by atoms with van der Waals surface area (Å²) in [6.07, 6.45) is 5.01. The molecule has 1 fully saturated rings. The van der Waals surface area contributed by atoms with E-state index in [1.807, 2.05) is 29.2 Å². The van der Waals surface area contributed by atoms with Gasteiger partial charge in [0.05, 0.1) is 6.61 Å². The molecule has 1 saturated heterocycles. The van der Waals surface area contributed by atoms with Gasteiger partial charge in [0.15, 0.2) is 0 Å². The van der Waals surface area contributed by atoms with E-state index < -0.39 is 5.97 Å².